The zero-order valence-corrected chi connectivity index (χ0v) is 16.8. The molecule has 0 aliphatic heterocycles. The molecule has 0 fully saturated rings. The highest BCUT2D eigenvalue weighted by molar-refractivity contribution is 5.79. The number of nitrogens with one attached hydrogen (secondary N) is 2. The number of hydrogen-bond acceptors (Lipinski definition) is 4. The van der Waals surface area contributed by atoms with E-state index >= 15 is 0 Å². The fourth-order valence-electron chi connectivity index (χ4n) is 3.10. The molecular weight excluding hydrogens is 376 g/mol. The molecule has 30 heavy (non-hydrogen) atoms. The molecule has 0 spiro atoms. The van der Waals surface area contributed by atoms with Gasteiger partial charge in [-0.05, 0) is 23.8 Å². The lowest BCUT2D eigenvalue weighted by Crippen LogP contribution is -2.36. The summed E-state index contributed by atoms with van der Waals surface area (Å²) in [6, 6.07) is 24.0. The second kappa shape index (κ2) is 9.56. The van der Waals surface area contributed by atoms with Crippen LogP contribution in [0.5, 0.6) is 5.75 Å². The van der Waals surface area contributed by atoms with E-state index in [-0.39, 0.29) is 0 Å². The number of aliphatic imine (C=N–C) groups is 1. The first kappa shape index (κ1) is 19.4. The van der Waals surface area contributed by atoms with E-state index in [2.05, 4.69) is 38.0 Å². The third-order valence-electron chi connectivity index (χ3n) is 4.68. The minimum absolute atomic E-state index is 0.511. The highest BCUT2D eigenvalue weighted by Crippen LogP contribution is 2.19. The number of guanidine groups is 1. The minimum atomic E-state index is 0.511. The van der Waals surface area contributed by atoms with Crippen LogP contribution in [0.1, 0.15) is 17.0 Å². The maximum absolute atomic E-state index is 6.03. The van der Waals surface area contributed by atoms with Gasteiger partial charge >= 0.3 is 0 Å². The van der Waals surface area contributed by atoms with Gasteiger partial charge < -0.3 is 15.4 Å². The number of benzene rings is 2. The van der Waals surface area contributed by atoms with Crippen LogP contribution < -0.4 is 15.4 Å². The Morgan fingerprint density at radius 2 is 1.67 bits per heavy atom. The average Bonchev–Trinajstić information content (AvgIpc) is 3.22. The average molecular weight is 400 g/mol. The number of rotatable bonds is 7. The summed E-state index contributed by atoms with van der Waals surface area (Å²) in [4.78, 5) is 4.30. The largest absolute Gasteiger partial charge is 0.489 e. The SMILES string of the molecule is CN=C(NCc1ccccc1OCc1ccccc1)NCc1nnc2ccccn12. The van der Waals surface area contributed by atoms with Crippen LogP contribution >= 0.6 is 0 Å². The topological polar surface area (TPSA) is 75.8 Å². The monoisotopic (exact) mass is 400 g/mol. The highest BCUT2D eigenvalue weighted by Gasteiger charge is 2.08. The molecule has 2 aromatic heterocycles. The molecule has 152 valence electrons. The van der Waals surface area contributed by atoms with Gasteiger partial charge in [-0.1, -0.05) is 54.6 Å². The van der Waals surface area contributed by atoms with Gasteiger partial charge in [-0.2, -0.15) is 0 Å². The minimum Gasteiger partial charge on any atom is -0.489 e. The van der Waals surface area contributed by atoms with Gasteiger partial charge in [0.05, 0.1) is 6.54 Å². The lowest BCUT2D eigenvalue weighted by Gasteiger charge is -2.14. The van der Waals surface area contributed by atoms with Crippen LogP contribution in [0.2, 0.25) is 0 Å². The number of para-hydroxylation sites is 1. The molecule has 0 atom stereocenters. The van der Waals surface area contributed by atoms with Gasteiger partial charge in [-0.3, -0.25) is 9.39 Å². The standard InChI is InChI=1S/C23H24N6O/c1-24-23(26-16-22-28-27-21-13-7-8-14-29(21)22)25-15-19-11-5-6-12-20(19)30-17-18-9-3-2-4-10-18/h2-14H,15-17H2,1H3,(H2,24,25,26). The number of pyridine rings is 1. The van der Waals surface area contributed by atoms with Crippen LogP contribution in [0, 0.1) is 0 Å². The summed E-state index contributed by atoms with van der Waals surface area (Å²) in [5, 5.41) is 15.0. The van der Waals surface area contributed by atoms with Crippen molar-refractivity contribution < 1.29 is 4.74 Å². The molecule has 7 heteroatoms. The van der Waals surface area contributed by atoms with Crippen LogP contribution in [-0.2, 0) is 19.7 Å². The van der Waals surface area contributed by atoms with Gasteiger partial charge in [0.15, 0.2) is 17.4 Å². The van der Waals surface area contributed by atoms with Crippen molar-refractivity contribution in [2.24, 2.45) is 4.99 Å². The Labute approximate surface area is 175 Å². The number of hydrogen-bond donors (Lipinski definition) is 2. The number of aromatic nitrogens is 3. The first-order chi connectivity index (χ1) is 14.8. The molecule has 0 amide bonds. The van der Waals surface area contributed by atoms with E-state index in [0.29, 0.717) is 25.7 Å². The van der Waals surface area contributed by atoms with Crippen molar-refractivity contribution in [2.45, 2.75) is 19.7 Å². The molecule has 0 aliphatic rings. The predicted molar refractivity (Wildman–Crippen MR) is 117 cm³/mol. The van der Waals surface area contributed by atoms with Gasteiger partial charge in [0.25, 0.3) is 0 Å². The molecule has 0 radical (unpaired) electrons. The van der Waals surface area contributed by atoms with E-state index in [1.807, 2.05) is 71.3 Å². The van der Waals surface area contributed by atoms with E-state index < -0.39 is 0 Å². The summed E-state index contributed by atoms with van der Waals surface area (Å²) in [6.45, 7) is 1.63. The summed E-state index contributed by atoms with van der Waals surface area (Å²) in [5.74, 6) is 2.36. The third-order valence-corrected chi connectivity index (χ3v) is 4.68. The lowest BCUT2D eigenvalue weighted by molar-refractivity contribution is 0.302. The molecule has 0 saturated heterocycles. The zero-order chi connectivity index (χ0) is 20.6. The van der Waals surface area contributed by atoms with Crippen molar-refractivity contribution >= 4 is 11.6 Å². The Morgan fingerprint density at radius 1 is 0.900 bits per heavy atom. The fourth-order valence-corrected chi connectivity index (χ4v) is 3.10. The number of nitrogens with zero attached hydrogens (tertiary/aromatic N) is 4. The quantitative estimate of drug-likeness (QED) is 0.368. The van der Waals surface area contributed by atoms with Crippen molar-refractivity contribution in [3.8, 4) is 5.75 Å². The molecule has 2 aromatic carbocycles. The molecule has 0 bridgehead atoms. The van der Waals surface area contributed by atoms with Crippen molar-refractivity contribution in [2.75, 3.05) is 7.05 Å². The van der Waals surface area contributed by atoms with Gasteiger partial charge in [0, 0.05) is 25.4 Å². The normalized spacial score (nSPS) is 11.4. The summed E-state index contributed by atoms with van der Waals surface area (Å²) < 4.78 is 7.99. The third kappa shape index (κ3) is 4.75. The summed E-state index contributed by atoms with van der Waals surface area (Å²) >= 11 is 0. The number of fused-ring (bicyclic) bond motifs is 1. The second-order valence-electron chi connectivity index (χ2n) is 6.71. The van der Waals surface area contributed by atoms with Crippen molar-refractivity contribution in [1.82, 2.24) is 25.2 Å². The maximum atomic E-state index is 6.03. The van der Waals surface area contributed by atoms with Gasteiger partial charge in [-0.25, -0.2) is 0 Å². The summed E-state index contributed by atoms with van der Waals surface area (Å²) in [7, 11) is 1.75. The van der Waals surface area contributed by atoms with E-state index in [1.54, 1.807) is 7.05 Å². The van der Waals surface area contributed by atoms with Crippen LogP contribution in [-0.4, -0.2) is 27.6 Å². The summed E-state index contributed by atoms with van der Waals surface area (Å²) in [6.07, 6.45) is 1.95. The summed E-state index contributed by atoms with van der Waals surface area (Å²) in [5.41, 5.74) is 3.02. The molecule has 2 heterocycles. The van der Waals surface area contributed by atoms with Gasteiger partial charge in [0.2, 0.25) is 0 Å². The molecule has 4 aromatic rings. The molecule has 7 nitrogen and oxygen atoms in total. The second-order valence-corrected chi connectivity index (χ2v) is 6.71. The van der Waals surface area contributed by atoms with Crippen LogP contribution in [0.4, 0.5) is 0 Å². The molecule has 0 unspecified atom stereocenters. The Balaban J connectivity index is 1.35. The molecular formula is C23H24N6O. The molecule has 4 rings (SSSR count). The van der Waals surface area contributed by atoms with Gasteiger partial charge in [0.1, 0.15) is 12.4 Å². The predicted octanol–water partition coefficient (Wildman–Crippen LogP) is 3.17. The zero-order valence-electron chi connectivity index (χ0n) is 16.8. The first-order valence-corrected chi connectivity index (χ1v) is 9.81. The smallest absolute Gasteiger partial charge is 0.191 e. The van der Waals surface area contributed by atoms with E-state index in [1.165, 1.54) is 0 Å². The Kier molecular flexibility index (Phi) is 6.19. The Bertz CT molecular complexity index is 1120. The van der Waals surface area contributed by atoms with E-state index in [4.69, 9.17) is 4.74 Å². The van der Waals surface area contributed by atoms with Gasteiger partial charge in [-0.15, -0.1) is 10.2 Å². The van der Waals surface area contributed by atoms with E-state index in [9.17, 15) is 0 Å². The Hall–Kier alpha value is -3.87. The fraction of sp³-hybridized carbons (Fsp3) is 0.174. The molecule has 2 N–H and O–H groups in total. The maximum Gasteiger partial charge on any atom is 0.191 e. The van der Waals surface area contributed by atoms with Crippen molar-refractivity contribution in [3.63, 3.8) is 0 Å². The van der Waals surface area contributed by atoms with Crippen LogP contribution in [0.25, 0.3) is 5.65 Å². The van der Waals surface area contributed by atoms with Crippen molar-refractivity contribution in [3.05, 3.63) is 95.9 Å². The van der Waals surface area contributed by atoms with Crippen LogP contribution in [0.15, 0.2) is 84.0 Å². The molecule has 0 aliphatic carbocycles. The first-order valence-electron chi connectivity index (χ1n) is 9.81. The number of ether oxygens (including phenoxy) is 1. The van der Waals surface area contributed by atoms with Crippen LogP contribution in [0.3, 0.4) is 0 Å². The highest BCUT2D eigenvalue weighted by atomic mass is 16.5. The van der Waals surface area contributed by atoms with Crippen molar-refractivity contribution in [1.29, 1.82) is 0 Å². The van der Waals surface area contributed by atoms with E-state index in [0.717, 1.165) is 28.3 Å². The molecule has 0 saturated carbocycles. The Morgan fingerprint density at radius 3 is 2.53 bits per heavy atom. The lowest BCUT2D eigenvalue weighted by atomic mass is 10.2.